The van der Waals surface area contributed by atoms with Crippen LogP contribution >= 0.6 is 11.3 Å². The first-order valence-corrected chi connectivity index (χ1v) is 15.1. The molecular weight excluding hydrogens is 537 g/mol. The molecule has 1 aliphatic rings. The van der Waals surface area contributed by atoms with Crippen LogP contribution in [0.3, 0.4) is 0 Å². The van der Waals surface area contributed by atoms with Crippen LogP contribution in [0.2, 0.25) is 0 Å². The van der Waals surface area contributed by atoms with E-state index in [9.17, 15) is 12.8 Å². The summed E-state index contributed by atoms with van der Waals surface area (Å²) < 4.78 is 40.5. The van der Waals surface area contributed by atoms with Gasteiger partial charge in [-0.05, 0) is 75.0 Å². The fraction of sp³-hybridized carbons (Fsp3) is 0.296. The van der Waals surface area contributed by atoms with Crippen LogP contribution in [-0.4, -0.2) is 67.2 Å². The number of sulfonamides is 1. The molecule has 0 amide bonds. The van der Waals surface area contributed by atoms with Gasteiger partial charge in [0.1, 0.15) is 5.82 Å². The molecule has 0 unspecified atom stereocenters. The highest BCUT2D eigenvalue weighted by Crippen LogP contribution is 2.39. The van der Waals surface area contributed by atoms with E-state index in [4.69, 9.17) is 4.98 Å². The van der Waals surface area contributed by atoms with Crippen LogP contribution < -0.4 is 14.9 Å². The highest BCUT2D eigenvalue weighted by atomic mass is 32.2. The molecule has 204 valence electrons. The second-order valence-corrected chi connectivity index (χ2v) is 12.4. The van der Waals surface area contributed by atoms with Gasteiger partial charge in [-0.2, -0.15) is 0 Å². The Hall–Kier alpha value is -3.61. The molecule has 1 fully saturated rings. The third-order valence-electron chi connectivity index (χ3n) is 6.55. The van der Waals surface area contributed by atoms with Gasteiger partial charge >= 0.3 is 0 Å². The molecule has 1 aliphatic heterocycles. The number of aryl methyl sites for hydroxylation is 1. The molecular formula is C27H30FN7O2S2. The smallest absolute Gasteiger partial charge is 0.234 e. The molecule has 3 heterocycles. The van der Waals surface area contributed by atoms with Crippen LogP contribution in [0.1, 0.15) is 12.5 Å². The molecule has 0 aliphatic carbocycles. The van der Waals surface area contributed by atoms with Crippen LogP contribution in [0, 0.1) is 12.7 Å². The van der Waals surface area contributed by atoms with Gasteiger partial charge in [0.25, 0.3) is 0 Å². The highest BCUT2D eigenvalue weighted by Gasteiger charge is 2.20. The van der Waals surface area contributed by atoms with E-state index in [-0.39, 0.29) is 16.7 Å². The Morgan fingerprint density at radius 2 is 1.77 bits per heavy atom. The van der Waals surface area contributed by atoms with Gasteiger partial charge in [-0.1, -0.05) is 11.3 Å². The third kappa shape index (κ3) is 6.35. The zero-order valence-corrected chi connectivity index (χ0v) is 23.6. The average Bonchev–Trinajstić information content (AvgIpc) is 3.33. The fourth-order valence-corrected chi connectivity index (χ4v) is 6.17. The van der Waals surface area contributed by atoms with E-state index in [2.05, 4.69) is 55.9 Å². The van der Waals surface area contributed by atoms with Gasteiger partial charge in [0.2, 0.25) is 16.0 Å². The van der Waals surface area contributed by atoms with Crippen molar-refractivity contribution in [2.75, 3.05) is 53.9 Å². The van der Waals surface area contributed by atoms with Gasteiger partial charge in [-0.15, -0.1) is 0 Å². The number of thiazole rings is 1. The monoisotopic (exact) mass is 567 g/mol. The highest BCUT2D eigenvalue weighted by molar-refractivity contribution is 7.92. The molecule has 9 nitrogen and oxygen atoms in total. The number of nitrogens with one attached hydrogen (secondary N) is 2. The molecule has 5 rings (SSSR count). The van der Waals surface area contributed by atoms with Crippen molar-refractivity contribution < 1.29 is 12.8 Å². The predicted octanol–water partition coefficient (Wildman–Crippen LogP) is 4.97. The van der Waals surface area contributed by atoms with Crippen LogP contribution in [0.5, 0.6) is 0 Å². The van der Waals surface area contributed by atoms with Gasteiger partial charge in [-0.25, -0.2) is 27.8 Å². The Labute approximate surface area is 231 Å². The van der Waals surface area contributed by atoms with Crippen LogP contribution in [0.4, 0.5) is 26.8 Å². The minimum Gasteiger partial charge on any atom is -0.369 e. The summed E-state index contributed by atoms with van der Waals surface area (Å²) in [7, 11) is -1.38. The van der Waals surface area contributed by atoms with Crippen molar-refractivity contribution in [1.82, 2.24) is 19.9 Å². The lowest BCUT2D eigenvalue weighted by Crippen LogP contribution is -2.44. The minimum absolute atomic E-state index is 0.0810. The van der Waals surface area contributed by atoms with E-state index in [1.165, 1.54) is 29.2 Å². The molecule has 0 saturated carbocycles. The van der Waals surface area contributed by atoms with Crippen molar-refractivity contribution in [3.63, 3.8) is 0 Å². The molecule has 0 radical (unpaired) electrons. The number of halogens is 1. The summed E-state index contributed by atoms with van der Waals surface area (Å²) in [6, 6.07) is 13.9. The summed E-state index contributed by atoms with van der Waals surface area (Å²) in [5.74, 6) is -0.0548. The summed E-state index contributed by atoms with van der Waals surface area (Å²) in [5.41, 5.74) is 4.96. The zero-order chi connectivity index (χ0) is 27.6. The van der Waals surface area contributed by atoms with Crippen molar-refractivity contribution in [1.29, 1.82) is 0 Å². The molecule has 2 aromatic carbocycles. The second kappa shape index (κ2) is 11.2. The van der Waals surface area contributed by atoms with Gasteiger partial charge in [-0.3, -0.25) is 4.72 Å². The maximum absolute atomic E-state index is 13.6. The van der Waals surface area contributed by atoms with E-state index in [0.717, 1.165) is 37.4 Å². The number of aromatic nitrogens is 3. The Morgan fingerprint density at radius 1 is 1.03 bits per heavy atom. The molecule has 2 aromatic heterocycles. The molecule has 4 aromatic rings. The first-order chi connectivity index (χ1) is 18.7. The van der Waals surface area contributed by atoms with E-state index >= 15 is 0 Å². The van der Waals surface area contributed by atoms with Crippen molar-refractivity contribution >= 4 is 43.8 Å². The number of rotatable bonds is 8. The predicted molar refractivity (Wildman–Crippen MR) is 156 cm³/mol. The zero-order valence-electron chi connectivity index (χ0n) is 22.0. The summed E-state index contributed by atoms with van der Waals surface area (Å²) in [5, 5.41) is 3.50. The van der Waals surface area contributed by atoms with Crippen molar-refractivity contribution in [3.8, 4) is 21.8 Å². The SMILES string of the molecule is CCS(=O)(=O)Nc1nc(-c2ccc(F)cc2)c(-c2ccnc(Nc3ccc(N4CCN(C)CC4)c(C)c3)n2)s1. The first-order valence-electron chi connectivity index (χ1n) is 12.6. The summed E-state index contributed by atoms with van der Waals surface area (Å²) in [6.07, 6.45) is 1.64. The quantitative estimate of drug-likeness (QED) is 0.308. The van der Waals surface area contributed by atoms with Gasteiger partial charge in [0, 0.05) is 49.3 Å². The number of hydrogen-bond acceptors (Lipinski definition) is 9. The number of hydrogen-bond donors (Lipinski definition) is 2. The maximum atomic E-state index is 13.6. The average molecular weight is 568 g/mol. The van der Waals surface area contributed by atoms with Gasteiger partial charge < -0.3 is 15.1 Å². The lowest BCUT2D eigenvalue weighted by molar-refractivity contribution is 0.312. The molecule has 2 N–H and O–H groups in total. The maximum Gasteiger partial charge on any atom is 0.234 e. The van der Waals surface area contributed by atoms with Gasteiger partial charge in [0.05, 0.1) is 22.0 Å². The molecule has 0 atom stereocenters. The molecule has 0 spiro atoms. The number of piperazine rings is 1. The third-order valence-corrected chi connectivity index (χ3v) is 8.94. The fourth-order valence-electron chi connectivity index (χ4n) is 4.36. The summed E-state index contributed by atoms with van der Waals surface area (Å²) >= 11 is 1.17. The first kappa shape index (κ1) is 27.0. The molecule has 12 heteroatoms. The van der Waals surface area contributed by atoms with E-state index in [1.807, 2.05) is 6.07 Å². The van der Waals surface area contributed by atoms with E-state index in [1.54, 1.807) is 31.3 Å². The van der Waals surface area contributed by atoms with Crippen LogP contribution in [-0.2, 0) is 10.0 Å². The van der Waals surface area contributed by atoms with Crippen LogP contribution in [0.15, 0.2) is 54.7 Å². The number of anilines is 4. The molecule has 1 saturated heterocycles. The van der Waals surface area contributed by atoms with E-state index in [0.29, 0.717) is 27.8 Å². The Balaban J connectivity index is 1.43. The largest absolute Gasteiger partial charge is 0.369 e. The van der Waals surface area contributed by atoms with Gasteiger partial charge in [0.15, 0.2) is 5.13 Å². The summed E-state index contributed by atoms with van der Waals surface area (Å²) in [4.78, 5) is 19.0. The van der Waals surface area contributed by atoms with Crippen LogP contribution in [0.25, 0.3) is 21.8 Å². The number of likely N-dealkylation sites (N-methyl/N-ethyl adjacent to an activating group) is 1. The lowest BCUT2D eigenvalue weighted by atomic mass is 10.1. The Kier molecular flexibility index (Phi) is 7.78. The Bertz CT molecular complexity index is 1570. The Morgan fingerprint density at radius 3 is 2.46 bits per heavy atom. The number of nitrogens with zero attached hydrogens (tertiary/aromatic N) is 5. The normalized spacial score (nSPS) is 14.4. The second-order valence-electron chi connectivity index (χ2n) is 9.39. The number of benzene rings is 2. The van der Waals surface area contributed by atoms with E-state index < -0.39 is 10.0 Å². The summed E-state index contributed by atoms with van der Waals surface area (Å²) in [6.45, 7) is 7.73. The standard InChI is InChI=1S/C27H30FN7O2S2/c1-4-39(36,37)33-27-32-24(19-5-7-20(28)8-6-19)25(38-27)22-11-12-29-26(31-22)30-21-9-10-23(18(2)17-21)35-15-13-34(3)14-16-35/h5-12,17H,4,13-16H2,1-3H3,(H,32,33)(H,29,30,31). The molecule has 0 bridgehead atoms. The molecule has 39 heavy (non-hydrogen) atoms. The topological polar surface area (TPSA) is 103 Å². The minimum atomic E-state index is -3.53. The van der Waals surface area contributed by atoms with Crippen molar-refractivity contribution in [2.45, 2.75) is 13.8 Å². The van der Waals surface area contributed by atoms with Crippen molar-refractivity contribution in [2.24, 2.45) is 0 Å². The lowest BCUT2D eigenvalue weighted by Gasteiger charge is -2.35. The van der Waals surface area contributed by atoms with Crippen molar-refractivity contribution in [3.05, 3.63) is 66.1 Å².